The lowest BCUT2D eigenvalue weighted by molar-refractivity contribution is -0.122. The predicted octanol–water partition coefficient (Wildman–Crippen LogP) is -0.534. The number of hydrogen-bond acceptors (Lipinski definition) is 3. The number of fused-ring (bicyclic) bond motifs is 2. The maximum absolute atomic E-state index is 11.3. The van der Waals surface area contributed by atoms with Crippen LogP contribution in [0.25, 0.3) is 0 Å². The van der Waals surface area contributed by atoms with E-state index in [1.165, 1.54) is 13.0 Å². The summed E-state index contributed by atoms with van der Waals surface area (Å²) in [6, 6.07) is 0. The van der Waals surface area contributed by atoms with Crippen molar-refractivity contribution in [2.24, 2.45) is 17.6 Å². The monoisotopic (exact) mass is 154 g/mol. The van der Waals surface area contributed by atoms with E-state index in [2.05, 4.69) is 4.90 Å². The molecule has 2 aliphatic rings. The summed E-state index contributed by atoms with van der Waals surface area (Å²) < 4.78 is 0. The van der Waals surface area contributed by atoms with Crippen molar-refractivity contribution in [3.8, 4) is 0 Å². The Labute approximate surface area is 66.5 Å². The number of carbonyl (C=O) groups excluding carboxylic acids is 1. The number of nitrogens with two attached hydrogens (primary N) is 1. The van der Waals surface area contributed by atoms with Crippen LogP contribution in [0.2, 0.25) is 0 Å². The number of Topliss-reactive ketones (excluding diaryl/α,β-unsaturated/α-hetero) is 1. The lowest BCUT2D eigenvalue weighted by Gasteiger charge is -2.19. The molecule has 2 aliphatic heterocycles. The molecule has 2 fully saturated rings. The van der Waals surface area contributed by atoms with E-state index in [4.69, 9.17) is 5.73 Å². The first kappa shape index (κ1) is 7.25. The molecule has 0 saturated carbocycles. The maximum Gasteiger partial charge on any atom is 0.151 e. The highest BCUT2D eigenvalue weighted by atomic mass is 16.1. The minimum atomic E-state index is 0.231. The minimum Gasteiger partial charge on any atom is -0.324 e. The van der Waals surface area contributed by atoms with Gasteiger partial charge in [-0.15, -0.1) is 0 Å². The van der Waals surface area contributed by atoms with Crippen LogP contribution in [0.3, 0.4) is 0 Å². The van der Waals surface area contributed by atoms with Gasteiger partial charge in [-0.1, -0.05) is 0 Å². The number of piperidine rings is 1. The van der Waals surface area contributed by atoms with E-state index in [0.29, 0.717) is 5.92 Å². The molecule has 3 nitrogen and oxygen atoms in total. The van der Waals surface area contributed by atoms with Crippen LogP contribution in [-0.2, 0) is 4.79 Å². The van der Waals surface area contributed by atoms with E-state index >= 15 is 0 Å². The first-order valence-corrected chi connectivity index (χ1v) is 4.26. The van der Waals surface area contributed by atoms with Gasteiger partial charge in [0, 0.05) is 19.0 Å². The molecule has 11 heavy (non-hydrogen) atoms. The number of ketones is 1. The van der Waals surface area contributed by atoms with E-state index in [0.717, 1.165) is 13.1 Å². The van der Waals surface area contributed by atoms with Crippen molar-refractivity contribution in [2.75, 3.05) is 26.2 Å². The second kappa shape index (κ2) is 2.57. The number of carbonyl (C=O) groups is 1. The van der Waals surface area contributed by atoms with Crippen LogP contribution in [0.1, 0.15) is 6.42 Å². The summed E-state index contributed by atoms with van der Waals surface area (Å²) in [7, 11) is 0. The Morgan fingerprint density at radius 2 is 2.36 bits per heavy atom. The van der Waals surface area contributed by atoms with Gasteiger partial charge in [0.15, 0.2) is 5.78 Å². The van der Waals surface area contributed by atoms with Crippen molar-refractivity contribution in [1.29, 1.82) is 0 Å². The van der Waals surface area contributed by atoms with Crippen molar-refractivity contribution in [1.82, 2.24) is 4.90 Å². The second-order valence-electron chi connectivity index (χ2n) is 3.59. The molecule has 3 atom stereocenters. The van der Waals surface area contributed by atoms with Crippen molar-refractivity contribution in [3.63, 3.8) is 0 Å². The SMILES string of the molecule is NCC(=O)[C@H]1CN2CC[C@@H]1C2. The predicted molar refractivity (Wildman–Crippen MR) is 42.1 cm³/mol. The fraction of sp³-hybridized carbons (Fsp3) is 0.875. The van der Waals surface area contributed by atoms with Crippen molar-refractivity contribution in [2.45, 2.75) is 6.42 Å². The molecule has 2 bridgehead atoms. The van der Waals surface area contributed by atoms with Crippen molar-refractivity contribution in [3.05, 3.63) is 0 Å². The van der Waals surface area contributed by atoms with Gasteiger partial charge in [0.05, 0.1) is 6.54 Å². The van der Waals surface area contributed by atoms with Gasteiger partial charge in [0.2, 0.25) is 0 Å². The zero-order valence-electron chi connectivity index (χ0n) is 6.62. The standard InChI is InChI=1S/C8H14N2O/c9-3-8(11)7-5-10-2-1-6(7)4-10/h6-7H,1-5,9H2/t6-,7+/m1/s1. The molecule has 62 valence electrons. The molecular formula is C8H14N2O. The third kappa shape index (κ3) is 1.08. The Morgan fingerprint density at radius 3 is 2.82 bits per heavy atom. The summed E-state index contributed by atoms with van der Waals surface area (Å²) in [5.74, 6) is 1.16. The quantitative estimate of drug-likeness (QED) is 0.581. The van der Waals surface area contributed by atoms with E-state index in [1.807, 2.05) is 0 Å². The zero-order chi connectivity index (χ0) is 7.84. The van der Waals surface area contributed by atoms with Crippen LogP contribution in [0, 0.1) is 11.8 Å². The van der Waals surface area contributed by atoms with Crippen LogP contribution in [0.15, 0.2) is 0 Å². The van der Waals surface area contributed by atoms with Crippen LogP contribution < -0.4 is 5.73 Å². The highest BCUT2D eigenvalue weighted by molar-refractivity contribution is 5.83. The average Bonchev–Trinajstić information content (AvgIpc) is 2.62. The molecule has 0 aromatic heterocycles. The first-order chi connectivity index (χ1) is 5.31. The molecule has 1 unspecified atom stereocenters. The molecule has 0 amide bonds. The van der Waals surface area contributed by atoms with Gasteiger partial charge < -0.3 is 10.6 Å². The minimum absolute atomic E-state index is 0.231. The van der Waals surface area contributed by atoms with E-state index in [-0.39, 0.29) is 18.2 Å². The second-order valence-corrected chi connectivity index (χ2v) is 3.59. The number of rotatable bonds is 2. The first-order valence-electron chi connectivity index (χ1n) is 4.26. The van der Waals surface area contributed by atoms with Crippen LogP contribution >= 0.6 is 0 Å². The molecule has 0 aromatic carbocycles. The fourth-order valence-corrected chi connectivity index (χ4v) is 2.30. The van der Waals surface area contributed by atoms with Crippen molar-refractivity contribution >= 4 is 5.78 Å². The van der Waals surface area contributed by atoms with Gasteiger partial charge in [0.25, 0.3) is 0 Å². The van der Waals surface area contributed by atoms with Gasteiger partial charge in [0.1, 0.15) is 0 Å². The third-order valence-corrected chi connectivity index (χ3v) is 2.95. The lowest BCUT2D eigenvalue weighted by Crippen LogP contribution is -2.33. The van der Waals surface area contributed by atoms with Crippen LogP contribution in [0.5, 0.6) is 0 Å². The normalized spacial score (nSPS) is 41.4. The molecule has 3 heteroatoms. The summed E-state index contributed by atoms with van der Waals surface area (Å²) in [5, 5.41) is 0. The maximum atomic E-state index is 11.3. The Hall–Kier alpha value is -0.410. The van der Waals surface area contributed by atoms with Gasteiger partial charge in [-0.25, -0.2) is 0 Å². The largest absolute Gasteiger partial charge is 0.324 e. The number of nitrogens with zero attached hydrogens (tertiary/aromatic N) is 1. The van der Waals surface area contributed by atoms with Gasteiger partial charge >= 0.3 is 0 Å². The van der Waals surface area contributed by atoms with Crippen molar-refractivity contribution < 1.29 is 4.79 Å². The highest BCUT2D eigenvalue weighted by Gasteiger charge is 2.40. The molecule has 2 rings (SSSR count). The molecule has 0 radical (unpaired) electrons. The van der Waals surface area contributed by atoms with E-state index in [9.17, 15) is 4.79 Å². The summed E-state index contributed by atoms with van der Waals surface area (Å²) in [6.07, 6.45) is 1.20. The summed E-state index contributed by atoms with van der Waals surface area (Å²) >= 11 is 0. The Kier molecular flexibility index (Phi) is 1.69. The van der Waals surface area contributed by atoms with E-state index in [1.54, 1.807) is 0 Å². The Balaban J connectivity index is 2.02. The van der Waals surface area contributed by atoms with Gasteiger partial charge in [-0.2, -0.15) is 0 Å². The van der Waals surface area contributed by atoms with E-state index < -0.39 is 0 Å². The fourth-order valence-electron chi connectivity index (χ4n) is 2.30. The molecular weight excluding hydrogens is 140 g/mol. The number of hydrogen-bond donors (Lipinski definition) is 1. The smallest absolute Gasteiger partial charge is 0.151 e. The van der Waals surface area contributed by atoms with Gasteiger partial charge in [-0.05, 0) is 18.9 Å². The zero-order valence-corrected chi connectivity index (χ0v) is 6.62. The van der Waals surface area contributed by atoms with Crippen LogP contribution in [-0.4, -0.2) is 36.9 Å². The van der Waals surface area contributed by atoms with Gasteiger partial charge in [-0.3, -0.25) is 4.79 Å². The Morgan fingerprint density at radius 1 is 1.55 bits per heavy atom. The molecule has 0 spiro atoms. The molecule has 2 heterocycles. The molecule has 2 saturated heterocycles. The molecule has 2 N–H and O–H groups in total. The summed E-state index contributed by atoms with van der Waals surface area (Å²) in [6.45, 7) is 3.53. The summed E-state index contributed by atoms with van der Waals surface area (Å²) in [5.41, 5.74) is 5.32. The molecule has 0 aliphatic carbocycles. The summed E-state index contributed by atoms with van der Waals surface area (Å²) in [4.78, 5) is 13.6. The average molecular weight is 154 g/mol. The highest BCUT2D eigenvalue weighted by Crippen LogP contribution is 2.32. The Bertz CT molecular complexity index is 181. The lowest BCUT2D eigenvalue weighted by atomic mass is 9.89. The topological polar surface area (TPSA) is 46.3 Å². The third-order valence-electron chi connectivity index (χ3n) is 2.95. The van der Waals surface area contributed by atoms with Crippen LogP contribution in [0.4, 0.5) is 0 Å². The molecule has 0 aromatic rings.